The molecule has 0 saturated heterocycles. The summed E-state index contributed by atoms with van der Waals surface area (Å²) in [6, 6.07) is 12.9. The first kappa shape index (κ1) is 17.0. The lowest BCUT2D eigenvalue weighted by Gasteiger charge is -2.15. The van der Waals surface area contributed by atoms with Gasteiger partial charge < -0.3 is 9.73 Å². The van der Waals surface area contributed by atoms with Crippen molar-refractivity contribution < 1.29 is 17.6 Å². The summed E-state index contributed by atoms with van der Waals surface area (Å²) in [4.78, 5) is 0. The van der Waals surface area contributed by atoms with Crippen LogP contribution in [0.4, 0.5) is 18.9 Å². The Morgan fingerprint density at radius 3 is 2.44 bits per heavy atom. The van der Waals surface area contributed by atoms with Crippen LogP contribution in [0.15, 0.2) is 52.9 Å². The maximum atomic E-state index is 13.0. The van der Waals surface area contributed by atoms with E-state index in [0.717, 1.165) is 11.6 Å². The molecule has 0 spiro atoms. The first-order valence-electron chi connectivity index (χ1n) is 7.68. The van der Waals surface area contributed by atoms with Crippen LogP contribution in [0.2, 0.25) is 0 Å². The highest BCUT2D eigenvalue weighted by Gasteiger charge is 2.32. The predicted molar refractivity (Wildman–Crippen MR) is 88.0 cm³/mol. The van der Waals surface area contributed by atoms with Crippen molar-refractivity contribution in [1.82, 2.24) is 10.2 Å². The second-order valence-corrected chi connectivity index (χ2v) is 5.70. The molecule has 0 bridgehead atoms. The van der Waals surface area contributed by atoms with Gasteiger partial charge in [-0.25, -0.2) is 0 Å². The van der Waals surface area contributed by atoms with Crippen molar-refractivity contribution >= 4 is 5.69 Å². The van der Waals surface area contributed by atoms with E-state index < -0.39 is 17.8 Å². The van der Waals surface area contributed by atoms with E-state index in [1.807, 2.05) is 30.3 Å². The zero-order chi connectivity index (χ0) is 18.0. The van der Waals surface area contributed by atoms with E-state index in [1.165, 1.54) is 13.0 Å². The van der Waals surface area contributed by atoms with E-state index in [0.29, 0.717) is 17.5 Å². The first-order valence-corrected chi connectivity index (χ1v) is 7.68. The average Bonchev–Trinajstić information content (AvgIpc) is 3.06. The van der Waals surface area contributed by atoms with Gasteiger partial charge in [0.25, 0.3) is 0 Å². The van der Waals surface area contributed by atoms with E-state index in [9.17, 15) is 13.2 Å². The molecular formula is C18H16F3N3O. The van der Waals surface area contributed by atoms with Gasteiger partial charge in [-0.05, 0) is 43.7 Å². The molecule has 130 valence electrons. The zero-order valence-corrected chi connectivity index (χ0v) is 13.6. The van der Waals surface area contributed by atoms with Crippen molar-refractivity contribution in [2.75, 3.05) is 5.32 Å². The number of hydrogen-bond donors (Lipinski definition) is 1. The molecule has 4 nitrogen and oxygen atoms in total. The van der Waals surface area contributed by atoms with Gasteiger partial charge in [0.05, 0.1) is 5.56 Å². The fraction of sp³-hybridized carbons (Fsp3) is 0.222. The van der Waals surface area contributed by atoms with Crippen molar-refractivity contribution in [3.8, 4) is 11.5 Å². The third-order valence-electron chi connectivity index (χ3n) is 3.76. The topological polar surface area (TPSA) is 51.0 Å². The summed E-state index contributed by atoms with van der Waals surface area (Å²) in [5.41, 5.74) is 0.628. The number of benzene rings is 2. The molecule has 3 rings (SSSR count). The number of rotatable bonds is 4. The standard InChI is InChI=1S/C18H16F3N3O/c1-11-8-9-14(10-15(11)18(19,20)21)22-12(2)16-23-24-17(25-16)13-6-4-3-5-7-13/h3-10,12,22H,1-2H3/t12-/m1/s1. The van der Waals surface area contributed by atoms with Gasteiger partial charge in [-0.15, -0.1) is 10.2 Å². The molecule has 1 heterocycles. The Bertz CT molecular complexity index is 860. The first-order chi connectivity index (χ1) is 11.8. The number of alkyl halides is 3. The number of aromatic nitrogens is 2. The number of nitrogens with zero attached hydrogens (tertiary/aromatic N) is 2. The van der Waals surface area contributed by atoms with Crippen LogP contribution in [0.1, 0.15) is 30.0 Å². The summed E-state index contributed by atoms with van der Waals surface area (Å²) < 4.78 is 44.7. The quantitative estimate of drug-likeness (QED) is 0.701. The van der Waals surface area contributed by atoms with Gasteiger partial charge in [0, 0.05) is 11.3 Å². The Hall–Kier alpha value is -2.83. The number of hydrogen-bond acceptors (Lipinski definition) is 4. The monoisotopic (exact) mass is 347 g/mol. The van der Waals surface area contributed by atoms with Crippen LogP contribution in [0.25, 0.3) is 11.5 Å². The minimum Gasteiger partial charge on any atom is -0.418 e. The highest BCUT2D eigenvalue weighted by molar-refractivity contribution is 5.52. The molecule has 0 radical (unpaired) electrons. The highest BCUT2D eigenvalue weighted by atomic mass is 19.4. The van der Waals surface area contributed by atoms with Gasteiger partial charge in [-0.1, -0.05) is 24.3 Å². The van der Waals surface area contributed by atoms with Crippen LogP contribution in [0.5, 0.6) is 0 Å². The van der Waals surface area contributed by atoms with Crippen molar-refractivity contribution in [1.29, 1.82) is 0 Å². The van der Waals surface area contributed by atoms with E-state index >= 15 is 0 Å². The van der Waals surface area contributed by atoms with Crippen LogP contribution < -0.4 is 5.32 Å². The molecule has 0 unspecified atom stereocenters. The largest absolute Gasteiger partial charge is 0.418 e. The zero-order valence-electron chi connectivity index (χ0n) is 13.6. The van der Waals surface area contributed by atoms with Crippen molar-refractivity contribution in [2.45, 2.75) is 26.1 Å². The van der Waals surface area contributed by atoms with Crippen LogP contribution in [0, 0.1) is 6.92 Å². The van der Waals surface area contributed by atoms with E-state index in [4.69, 9.17) is 4.42 Å². The Labute approximate surface area is 142 Å². The van der Waals surface area contributed by atoms with Gasteiger partial charge in [0.2, 0.25) is 11.8 Å². The van der Waals surface area contributed by atoms with E-state index in [1.54, 1.807) is 13.0 Å². The Balaban J connectivity index is 1.79. The number of anilines is 1. The SMILES string of the molecule is Cc1ccc(N[C@H](C)c2nnc(-c3ccccc3)o2)cc1C(F)(F)F. The summed E-state index contributed by atoms with van der Waals surface area (Å²) in [6.07, 6.45) is -4.39. The Morgan fingerprint density at radius 2 is 1.76 bits per heavy atom. The molecular weight excluding hydrogens is 331 g/mol. The van der Waals surface area contributed by atoms with Crippen LogP contribution in [-0.4, -0.2) is 10.2 Å². The maximum Gasteiger partial charge on any atom is 0.416 e. The molecule has 0 aliphatic carbocycles. The molecule has 2 aromatic carbocycles. The number of aryl methyl sites for hydroxylation is 1. The van der Waals surface area contributed by atoms with Crippen molar-refractivity contribution in [3.63, 3.8) is 0 Å². The molecule has 1 aromatic heterocycles. The van der Waals surface area contributed by atoms with Gasteiger partial charge in [0.1, 0.15) is 6.04 Å². The lowest BCUT2D eigenvalue weighted by atomic mass is 10.1. The van der Waals surface area contributed by atoms with Gasteiger partial charge in [0.15, 0.2) is 0 Å². The highest BCUT2D eigenvalue weighted by Crippen LogP contribution is 2.34. The molecule has 7 heteroatoms. The summed E-state index contributed by atoms with van der Waals surface area (Å²) in [7, 11) is 0. The Kier molecular flexibility index (Phi) is 4.48. The maximum absolute atomic E-state index is 13.0. The second-order valence-electron chi connectivity index (χ2n) is 5.70. The van der Waals surface area contributed by atoms with Crippen LogP contribution in [0.3, 0.4) is 0 Å². The second kappa shape index (κ2) is 6.58. The molecule has 1 N–H and O–H groups in total. The summed E-state index contributed by atoms with van der Waals surface area (Å²) >= 11 is 0. The van der Waals surface area contributed by atoms with Crippen molar-refractivity contribution in [2.24, 2.45) is 0 Å². The summed E-state index contributed by atoms with van der Waals surface area (Å²) in [6.45, 7) is 3.18. The van der Waals surface area contributed by atoms with Crippen LogP contribution >= 0.6 is 0 Å². The molecule has 25 heavy (non-hydrogen) atoms. The minimum absolute atomic E-state index is 0.176. The smallest absolute Gasteiger partial charge is 0.416 e. The normalized spacial score (nSPS) is 12.8. The molecule has 0 saturated carbocycles. The number of halogens is 3. The molecule has 0 aliphatic heterocycles. The molecule has 3 aromatic rings. The molecule has 0 aliphatic rings. The van der Waals surface area contributed by atoms with Gasteiger partial charge >= 0.3 is 6.18 Å². The fourth-order valence-electron chi connectivity index (χ4n) is 2.44. The lowest BCUT2D eigenvalue weighted by molar-refractivity contribution is -0.138. The van der Waals surface area contributed by atoms with Gasteiger partial charge in [-0.3, -0.25) is 0 Å². The lowest BCUT2D eigenvalue weighted by Crippen LogP contribution is -2.11. The third-order valence-corrected chi connectivity index (χ3v) is 3.76. The Morgan fingerprint density at radius 1 is 1.04 bits per heavy atom. The van der Waals surface area contributed by atoms with Gasteiger partial charge in [-0.2, -0.15) is 13.2 Å². The fourth-order valence-corrected chi connectivity index (χ4v) is 2.44. The predicted octanol–water partition coefficient (Wildman–Crippen LogP) is 5.24. The summed E-state index contributed by atoms with van der Waals surface area (Å²) in [5, 5.41) is 10.9. The van der Waals surface area contributed by atoms with Crippen LogP contribution in [-0.2, 0) is 6.18 Å². The number of nitrogens with one attached hydrogen (secondary N) is 1. The van der Waals surface area contributed by atoms with E-state index in [-0.39, 0.29) is 5.56 Å². The van der Waals surface area contributed by atoms with E-state index in [2.05, 4.69) is 15.5 Å². The average molecular weight is 347 g/mol. The molecule has 1 atom stereocenters. The third kappa shape index (κ3) is 3.81. The molecule has 0 fully saturated rings. The van der Waals surface area contributed by atoms with Crippen molar-refractivity contribution in [3.05, 3.63) is 65.5 Å². The minimum atomic E-state index is -4.39. The molecule has 0 amide bonds. The summed E-state index contributed by atoms with van der Waals surface area (Å²) in [5.74, 6) is 0.664.